The summed E-state index contributed by atoms with van der Waals surface area (Å²) in [5.41, 5.74) is 0. The average molecular weight is 357 g/mol. The fraction of sp³-hybridized carbons (Fsp3) is 0.800. The predicted molar refractivity (Wildman–Crippen MR) is 101 cm³/mol. The molecule has 0 saturated carbocycles. The summed E-state index contributed by atoms with van der Waals surface area (Å²) in [6.07, 6.45) is 13.1. The molecule has 1 unspecified atom stereocenters. The van der Waals surface area contributed by atoms with Gasteiger partial charge in [0.2, 0.25) is 0 Å². The van der Waals surface area contributed by atoms with Crippen LogP contribution in [-0.4, -0.2) is 55.3 Å². The first-order valence-corrected chi connectivity index (χ1v) is 9.61. The minimum absolute atomic E-state index is 0.140. The number of carboxylic acids is 1. The van der Waals surface area contributed by atoms with Crippen molar-refractivity contribution in [3.8, 4) is 0 Å². The minimum atomic E-state index is -0.937. The van der Waals surface area contributed by atoms with Crippen LogP contribution in [-0.2, 0) is 14.3 Å². The zero-order valence-corrected chi connectivity index (χ0v) is 16.6. The summed E-state index contributed by atoms with van der Waals surface area (Å²) in [4.78, 5) is 22.8. The molecule has 0 aromatic carbocycles. The number of aliphatic carboxylic acids is 1. The summed E-state index contributed by atoms with van der Waals surface area (Å²) >= 11 is 0. The number of quaternary nitrogens is 1. The zero-order chi connectivity index (χ0) is 19.1. The van der Waals surface area contributed by atoms with Crippen molar-refractivity contribution in [2.24, 2.45) is 0 Å². The number of carbonyl (C=O) groups excluding carboxylic acids is 1. The molecule has 0 aromatic rings. The van der Waals surface area contributed by atoms with Gasteiger partial charge >= 0.3 is 11.9 Å². The second-order valence-electron chi connectivity index (χ2n) is 7.75. The number of esters is 1. The maximum atomic E-state index is 11.9. The zero-order valence-electron chi connectivity index (χ0n) is 16.6. The molecule has 146 valence electrons. The van der Waals surface area contributed by atoms with Crippen molar-refractivity contribution in [1.29, 1.82) is 0 Å². The molecular formula is C20H38NO4+. The number of nitrogens with zero attached hydrogens (tertiary/aromatic N) is 1. The molecule has 0 aliphatic rings. The van der Waals surface area contributed by atoms with E-state index in [4.69, 9.17) is 9.84 Å². The topological polar surface area (TPSA) is 63.6 Å². The molecule has 0 spiro atoms. The summed E-state index contributed by atoms with van der Waals surface area (Å²) in [6.45, 7) is 2.72. The van der Waals surface area contributed by atoms with E-state index in [1.165, 1.54) is 32.1 Å². The molecule has 0 aliphatic heterocycles. The summed E-state index contributed by atoms with van der Waals surface area (Å²) in [7, 11) is 5.86. The number of unbranched alkanes of at least 4 members (excludes halogenated alkanes) is 6. The summed E-state index contributed by atoms with van der Waals surface area (Å²) in [6, 6.07) is 0. The Morgan fingerprint density at radius 1 is 1.00 bits per heavy atom. The van der Waals surface area contributed by atoms with E-state index in [0.29, 0.717) is 17.4 Å². The van der Waals surface area contributed by atoms with Crippen LogP contribution in [0.1, 0.15) is 71.1 Å². The molecule has 0 radical (unpaired) electrons. The molecule has 5 nitrogen and oxygen atoms in total. The van der Waals surface area contributed by atoms with Crippen LogP contribution >= 0.6 is 0 Å². The first-order chi connectivity index (χ1) is 11.7. The summed E-state index contributed by atoms with van der Waals surface area (Å²) in [5, 5.41) is 8.95. The van der Waals surface area contributed by atoms with Crippen LogP contribution in [0.15, 0.2) is 12.2 Å². The van der Waals surface area contributed by atoms with E-state index in [1.54, 1.807) is 0 Å². The van der Waals surface area contributed by atoms with Crippen LogP contribution in [0, 0.1) is 0 Å². The highest BCUT2D eigenvalue weighted by molar-refractivity contribution is 5.71. The maximum Gasteiger partial charge on any atom is 0.307 e. The van der Waals surface area contributed by atoms with Crippen molar-refractivity contribution in [3.63, 3.8) is 0 Å². The molecule has 1 N–H and O–H groups in total. The molecule has 0 amide bonds. The lowest BCUT2D eigenvalue weighted by Gasteiger charge is -2.28. The minimum Gasteiger partial charge on any atom is -0.481 e. The highest BCUT2D eigenvalue weighted by atomic mass is 16.5. The molecule has 0 aromatic heterocycles. The lowest BCUT2D eigenvalue weighted by atomic mass is 10.1. The van der Waals surface area contributed by atoms with Gasteiger partial charge in [-0.05, 0) is 25.7 Å². The Hall–Kier alpha value is -1.36. The molecular weight excluding hydrogens is 318 g/mol. The van der Waals surface area contributed by atoms with Crippen LogP contribution in [0.2, 0.25) is 0 Å². The average Bonchev–Trinajstić information content (AvgIpc) is 2.46. The number of carbonyl (C=O) groups is 2. The van der Waals surface area contributed by atoms with Gasteiger partial charge in [0.15, 0.2) is 6.10 Å². The monoisotopic (exact) mass is 356 g/mol. The normalized spacial score (nSPS) is 13.1. The second-order valence-corrected chi connectivity index (χ2v) is 7.75. The fourth-order valence-electron chi connectivity index (χ4n) is 2.66. The van der Waals surface area contributed by atoms with E-state index < -0.39 is 12.1 Å². The number of hydrogen-bond acceptors (Lipinski definition) is 3. The SMILES string of the molecule is CCCCCCC/C=C/CCCC(=O)OC(CC(=O)O)C[N+](C)(C)C. The Morgan fingerprint density at radius 3 is 2.16 bits per heavy atom. The lowest BCUT2D eigenvalue weighted by molar-refractivity contribution is -0.873. The first-order valence-electron chi connectivity index (χ1n) is 9.61. The molecule has 0 bridgehead atoms. The Balaban J connectivity index is 3.90. The molecule has 25 heavy (non-hydrogen) atoms. The van der Waals surface area contributed by atoms with Gasteiger partial charge in [0.1, 0.15) is 6.54 Å². The molecule has 0 heterocycles. The van der Waals surface area contributed by atoms with Gasteiger partial charge in [0, 0.05) is 6.42 Å². The van der Waals surface area contributed by atoms with Gasteiger partial charge < -0.3 is 14.3 Å². The van der Waals surface area contributed by atoms with Crippen LogP contribution in [0.4, 0.5) is 0 Å². The molecule has 5 heteroatoms. The first kappa shape index (κ1) is 23.6. The number of carboxylic acid groups (broad SMARTS) is 1. The highest BCUT2D eigenvalue weighted by Crippen LogP contribution is 2.09. The largest absolute Gasteiger partial charge is 0.481 e. The molecule has 0 aliphatic carbocycles. The van der Waals surface area contributed by atoms with Gasteiger partial charge in [0.25, 0.3) is 0 Å². The highest BCUT2D eigenvalue weighted by Gasteiger charge is 2.24. The Bertz CT molecular complexity index is 399. The molecule has 0 saturated heterocycles. The van der Waals surface area contributed by atoms with E-state index >= 15 is 0 Å². The van der Waals surface area contributed by atoms with Gasteiger partial charge in [-0.1, -0.05) is 44.8 Å². The molecule has 1 atom stereocenters. The maximum absolute atomic E-state index is 11.9. The van der Waals surface area contributed by atoms with Gasteiger partial charge in [0.05, 0.1) is 27.6 Å². The second kappa shape index (κ2) is 13.9. The number of allylic oxidation sites excluding steroid dienone is 2. The van der Waals surface area contributed by atoms with Crippen molar-refractivity contribution >= 4 is 11.9 Å². The smallest absolute Gasteiger partial charge is 0.307 e. The van der Waals surface area contributed by atoms with E-state index in [0.717, 1.165) is 19.3 Å². The van der Waals surface area contributed by atoms with Crippen LogP contribution in [0.25, 0.3) is 0 Å². The van der Waals surface area contributed by atoms with Gasteiger partial charge in [-0.3, -0.25) is 9.59 Å². The quantitative estimate of drug-likeness (QED) is 0.207. The van der Waals surface area contributed by atoms with Crippen LogP contribution < -0.4 is 0 Å². The van der Waals surface area contributed by atoms with Crippen molar-refractivity contribution in [3.05, 3.63) is 12.2 Å². The third kappa shape index (κ3) is 17.3. The van der Waals surface area contributed by atoms with Gasteiger partial charge in [-0.2, -0.15) is 0 Å². The fourth-order valence-corrected chi connectivity index (χ4v) is 2.66. The number of likely N-dealkylation sites (N-methyl/N-ethyl adjacent to an activating group) is 1. The van der Waals surface area contributed by atoms with Crippen LogP contribution in [0.3, 0.4) is 0 Å². The van der Waals surface area contributed by atoms with Crippen molar-refractivity contribution in [1.82, 2.24) is 0 Å². The molecule has 0 rings (SSSR count). The third-order valence-electron chi connectivity index (χ3n) is 3.84. The van der Waals surface area contributed by atoms with Crippen molar-refractivity contribution in [2.75, 3.05) is 27.7 Å². The predicted octanol–water partition coefficient (Wildman–Crippen LogP) is 4.17. The number of rotatable bonds is 15. The van der Waals surface area contributed by atoms with E-state index in [-0.39, 0.29) is 12.4 Å². The van der Waals surface area contributed by atoms with E-state index in [1.807, 2.05) is 21.1 Å². The van der Waals surface area contributed by atoms with Crippen molar-refractivity contribution in [2.45, 2.75) is 77.2 Å². The number of ether oxygens (including phenoxy) is 1. The Morgan fingerprint density at radius 2 is 1.60 bits per heavy atom. The van der Waals surface area contributed by atoms with E-state index in [2.05, 4.69) is 19.1 Å². The standard InChI is InChI=1S/C20H37NO4/c1-5-6-7-8-9-10-11-12-13-14-15-20(24)25-18(16-19(22)23)17-21(2,3)4/h11-12,18H,5-10,13-17H2,1-4H3/p+1/b12-11+. The van der Waals surface area contributed by atoms with Gasteiger partial charge in [-0.15, -0.1) is 0 Å². The molecule has 0 fully saturated rings. The Kier molecular flexibility index (Phi) is 13.1. The lowest BCUT2D eigenvalue weighted by Crippen LogP contribution is -2.43. The number of hydrogen-bond donors (Lipinski definition) is 1. The third-order valence-corrected chi connectivity index (χ3v) is 3.84. The van der Waals surface area contributed by atoms with Crippen LogP contribution in [0.5, 0.6) is 0 Å². The van der Waals surface area contributed by atoms with Gasteiger partial charge in [-0.25, -0.2) is 0 Å². The summed E-state index contributed by atoms with van der Waals surface area (Å²) < 4.78 is 5.92. The Labute approximate surface area is 153 Å². The summed E-state index contributed by atoms with van der Waals surface area (Å²) in [5.74, 6) is -1.24. The van der Waals surface area contributed by atoms with E-state index in [9.17, 15) is 9.59 Å². The van der Waals surface area contributed by atoms with Crippen molar-refractivity contribution < 1.29 is 23.9 Å².